The van der Waals surface area contributed by atoms with E-state index < -0.39 is 5.97 Å². The molecule has 2 heterocycles. The van der Waals surface area contributed by atoms with E-state index in [1.54, 1.807) is 30.4 Å². The number of nitrogens with one attached hydrogen (secondary N) is 1. The number of hydrogen-bond donors (Lipinski definition) is 2. The second kappa shape index (κ2) is 8.37. The summed E-state index contributed by atoms with van der Waals surface area (Å²) in [5.41, 5.74) is 5.23. The van der Waals surface area contributed by atoms with E-state index in [1.807, 2.05) is 29.2 Å². The number of carbonyl (C=O) groups excluding carboxylic acids is 1. The Labute approximate surface area is 196 Å². The third-order valence-electron chi connectivity index (χ3n) is 6.28. The highest BCUT2D eigenvalue weighted by Gasteiger charge is 2.32. The maximum absolute atomic E-state index is 12.5. The number of anilines is 2. The van der Waals surface area contributed by atoms with Crippen molar-refractivity contribution in [3.63, 3.8) is 0 Å². The van der Waals surface area contributed by atoms with Gasteiger partial charge in [0.15, 0.2) is 0 Å². The van der Waals surface area contributed by atoms with Gasteiger partial charge in [0.1, 0.15) is 0 Å². The van der Waals surface area contributed by atoms with Crippen molar-refractivity contribution in [2.45, 2.75) is 32.4 Å². The van der Waals surface area contributed by atoms with Crippen molar-refractivity contribution in [3.8, 4) is 11.1 Å². The molecule has 1 aromatic heterocycles. The maximum atomic E-state index is 12.5. The maximum Gasteiger partial charge on any atom is 0.335 e. The van der Waals surface area contributed by atoms with Crippen molar-refractivity contribution in [1.29, 1.82) is 0 Å². The van der Waals surface area contributed by atoms with Gasteiger partial charge < -0.3 is 15.3 Å². The summed E-state index contributed by atoms with van der Waals surface area (Å²) >= 11 is 1.72. The molecule has 0 unspecified atom stereocenters. The molecule has 0 bridgehead atoms. The number of thiophene rings is 1. The standard InChI is InChI=1S/C27H24N2O3S/c1-16-13-24(28-22-9-7-19-11-12-33-26(19)15-22)23-14-21(8-10-25(23)29(16)17(2)30)18-3-5-20(6-4-18)27(31)32/h3-12,14-16,24,28H,13H2,1-2H3,(H,31,32)/t16-,24+/m1/s1. The average molecular weight is 457 g/mol. The molecule has 2 atom stereocenters. The zero-order chi connectivity index (χ0) is 23.1. The first-order valence-corrected chi connectivity index (χ1v) is 11.8. The molecule has 1 aliphatic heterocycles. The molecule has 0 saturated carbocycles. The Morgan fingerprint density at radius 3 is 2.48 bits per heavy atom. The van der Waals surface area contributed by atoms with Gasteiger partial charge in [0, 0.05) is 29.0 Å². The average Bonchev–Trinajstić information content (AvgIpc) is 3.26. The van der Waals surface area contributed by atoms with Crippen LogP contribution in [0.25, 0.3) is 21.2 Å². The van der Waals surface area contributed by atoms with Gasteiger partial charge in [-0.2, -0.15) is 0 Å². The number of fused-ring (bicyclic) bond motifs is 2. The molecule has 3 aromatic carbocycles. The molecule has 33 heavy (non-hydrogen) atoms. The van der Waals surface area contributed by atoms with Crippen LogP contribution in [-0.2, 0) is 4.79 Å². The molecule has 5 nitrogen and oxygen atoms in total. The molecular formula is C27H24N2O3S. The first-order valence-electron chi connectivity index (χ1n) is 10.9. The van der Waals surface area contributed by atoms with Crippen molar-refractivity contribution in [2.75, 3.05) is 10.2 Å². The van der Waals surface area contributed by atoms with Crippen molar-refractivity contribution < 1.29 is 14.7 Å². The molecular weight excluding hydrogens is 432 g/mol. The van der Waals surface area contributed by atoms with Gasteiger partial charge in [-0.1, -0.05) is 24.3 Å². The smallest absolute Gasteiger partial charge is 0.335 e. The van der Waals surface area contributed by atoms with E-state index in [-0.39, 0.29) is 23.6 Å². The molecule has 4 aromatic rings. The number of aromatic carboxylic acids is 1. The van der Waals surface area contributed by atoms with Crippen LogP contribution in [0, 0.1) is 0 Å². The summed E-state index contributed by atoms with van der Waals surface area (Å²) < 4.78 is 1.24. The largest absolute Gasteiger partial charge is 0.478 e. The molecule has 1 aliphatic rings. The van der Waals surface area contributed by atoms with E-state index in [9.17, 15) is 14.7 Å². The van der Waals surface area contributed by atoms with Crippen LogP contribution in [-0.4, -0.2) is 23.0 Å². The topological polar surface area (TPSA) is 69.6 Å². The third-order valence-corrected chi connectivity index (χ3v) is 7.16. The summed E-state index contributed by atoms with van der Waals surface area (Å²) in [5, 5.41) is 16.2. The van der Waals surface area contributed by atoms with E-state index in [1.165, 1.54) is 10.1 Å². The van der Waals surface area contributed by atoms with Gasteiger partial charge in [-0.05, 0) is 83.3 Å². The quantitative estimate of drug-likeness (QED) is 0.365. The third kappa shape index (κ3) is 3.98. The predicted octanol–water partition coefficient (Wildman–Crippen LogP) is 6.56. The Morgan fingerprint density at radius 1 is 1.00 bits per heavy atom. The van der Waals surface area contributed by atoms with Gasteiger partial charge in [-0.3, -0.25) is 4.79 Å². The van der Waals surface area contributed by atoms with Crippen molar-refractivity contribution in [2.24, 2.45) is 0 Å². The van der Waals surface area contributed by atoms with Gasteiger partial charge in [-0.25, -0.2) is 4.79 Å². The van der Waals surface area contributed by atoms with E-state index in [4.69, 9.17) is 0 Å². The van der Waals surface area contributed by atoms with E-state index in [0.717, 1.165) is 34.5 Å². The summed E-state index contributed by atoms with van der Waals surface area (Å²) in [4.78, 5) is 25.5. The highest BCUT2D eigenvalue weighted by atomic mass is 32.1. The van der Waals surface area contributed by atoms with Crippen LogP contribution in [0.15, 0.2) is 72.1 Å². The Bertz CT molecular complexity index is 1360. The first-order chi connectivity index (χ1) is 15.9. The predicted molar refractivity (Wildman–Crippen MR) is 134 cm³/mol. The zero-order valence-electron chi connectivity index (χ0n) is 18.4. The van der Waals surface area contributed by atoms with Crippen LogP contribution < -0.4 is 10.2 Å². The van der Waals surface area contributed by atoms with Gasteiger partial charge >= 0.3 is 5.97 Å². The molecule has 0 fully saturated rings. The summed E-state index contributed by atoms with van der Waals surface area (Å²) in [6, 6.07) is 21.6. The zero-order valence-corrected chi connectivity index (χ0v) is 19.2. The minimum Gasteiger partial charge on any atom is -0.478 e. The van der Waals surface area contributed by atoms with Crippen LogP contribution in [0.2, 0.25) is 0 Å². The Balaban J connectivity index is 1.55. The lowest BCUT2D eigenvalue weighted by Gasteiger charge is -2.39. The molecule has 0 radical (unpaired) electrons. The van der Waals surface area contributed by atoms with Gasteiger partial charge in [0.25, 0.3) is 0 Å². The van der Waals surface area contributed by atoms with Crippen LogP contribution in [0.4, 0.5) is 11.4 Å². The second-order valence-electron chi connectivity index (χ2n) is 8.50. The van der Waals surface area contributed by atoms with Crippen LogP contribution in [0.5, 0.6) is 0 Å². The number of amides is 1. The van der Waals surface area contributed by atoms with E-state index >= 15 is 0 Å². The number of benzene rings is 3. The minimum absolute atomic E-state index is 0.0285. The molecule has 2 N–H and O–H groups in total. The van der Waals surface area contributed by atoms with Crippen LogP contribution in [0.1, 0.15) is 42.2 Å². The Hall–Kier alpha value is -3.64. The number of nitrogens with zero attached hydrogens (tertiary/aromatic N) is 1. The number of carbonyl (C=O) groups is 2. The molecule has 5 rings (SSSR count). The van der Waals surface area contributed by atoms with Crippen LogP contribution in [0.3, 0.4) is 0 Å². The number of carboxylic acids is 1. The fraction of sp³-hybridized carbons (Fsp3) is 0.185. The normalized spacial score (nSPS) is 17.6. The minimum atomic E-state index is -0.940. The number of hydrogen-bond acceptors (Lipinski definition) is 4. The highest BCUT2D eigenvalue weighted by Crippen LogP contribution is 2.41. The SMILES string of the molecule is CC(=O)N1c2ccc(-c3ccc(C(=O)O)cc3)cc2[C@@H](Nc2ccc3ccsc3c2)C[C@H]1C. The molecule has 0 saturated heterocycles. The highest BCUT2D eigenvalue weighted by molar-refractivity contribution is 7.17. The molecule has 1 amide bonds. The Kier molecular flexibility index (Phi) is 5.38. The van der Waals surface area contributed by atoms with Gasteiger partial charge in [0.05, 0.1) is 11.6 Å². The number of rotatable bonds is 4. The molecule has 6 heteroatoms. The fourth-order valence-electron chi connectivity index (χ4n) is 4.71. The monoisotopic (exact) mass is 456 g/mol. The lowest BCUT2D eigenvalue weighted by molar-refractivity contribution is -0.117. The second-order valence-corrected chi connectivity index (χ2v) is 9.45. The summed E-state index contributed by atoms with van der Waals surface area (Å²) in [5.74, 6) is -0.911. The molecule has 0 spiro atoms. The lowest BCUT2D eigenvalue weighted by Crippen LogP contribution is -2.43. The summed E-state index contributed by atoms with van der Waals surface area (Å²) in [7, 11) is 0. The summed E-state index contributed by atoms with van der Waals surface area (Å²) in [6.45, 7) is 3.69. The van der Waals surface area contributed by atoms with Crippen molar-refractivity contribution in [1.82, 2.24) is 0 Å². The van der Waals surface area contributed by atoms with Crippen LogP contribution >= 0.6 is 11.3 Å². The molecule has 0 aliphatic carbocycles. The van der Waals surface area contributed by atoms with Gasteiger partial charge in [0.2, 0.25) is 5.91 Å². The van der Waals surface area contributed by atoms with Gasteiger partial charge in [-0.15, -0.1) is 11.3 Å². The Morgan fingerprint density at radius 2 is 1.76 bits per heavy atom. The number of carboxylic acid groups (broad SMARTS) is 1. The first kappa shape index (κ1) is 21.2. The fourth-order valence-corrected chi connectivity index (χ4v) is 5.54. The van der Waals surface area contributed by atoms with Crippen molar-refractivity contribution in [3.05, 3.63) is 83.2 Å². The molecule has 166 valence electrons. The summed E-state index contributed by atoms with van der Waals surface area (Å²) in [6.07, 6.45) is 0.788. The van der Waals surface area contributed by atoms with E-state index in [0.29, 0.717) is 0 Å². The lowest BCUT2D eigenvalue weighted by atomic mass is 9.88. The van der Waals surface area contributed by atoms with E-state index in [2.05, 4.69) is 48.0 Å². The van der Waals surface area contributed by atoms with Crippen molar-refractivity contribution >= 4 is 44.7 Å².